The second kappa shape index (κ2) is 5.76. The predicted molar refractivity (Wildman–Crippen MR) is 79.4 cm³/mol. The van der Waals surface area contributed by atoms with Crippen molar-refractivity contribution in [2.45, 2.75) is 13.3 Å². The summed E-state index contributed by atoms with van der Waals surface area (Å²) in [6.07, 6.45) is 0.273. The zero-order chi connectivity index (χ0) is 13.8. The van der Waals surface area contributed by atoms with Crippen molar-refractivity contribution in [3.05, 3.63) is 58.6 Å². The first-order valence-electron chi connectivity index (χ1n) is 5.95. The first kappa shape index (κ1) is 13.4. The van der Waals surface area contributed by atoms with Gasteiger partial charge in [0, 0.05) is 5.69 Å². The van der Waals surface area contributed by atoms with Crippen molar-refractivity contribution in [3.63, 3.8) is 0 Å². The SMILES string of the molecule is Cc1ccc(Cl)c(NC(=O)Cc2cccc(N)c2)c1. The number of carbonyl (C=O) groups excluding carboxylic acids is 1. The number of halogens is 1. The Morgan fingerprint density at radius 2 is 2.05 bits per heavy atom. The largest absolute Gasteiger partial charge is 0.399 e. The normalized spacial score (nSPS) is 10.2. The van der Waals surface area contributed by atoms with Gasteiger partial charge in [0.15, 0.2) is 0 Å². The number of hydrogen-bond acceptors (Lipinski definition) is 2. The van der Waals surface area contributed by atoms with Crippen LogP contribution in [0.5, 0.6) is 0 Å². The van der Waals surface area contributed by atoms with E-state index in [-0.39, 0.29) is 12.3 Å². The molecule has 2 rings (SSSR count). The number of aryl methyl sites for hydroxylation is 1. The van der Waals surface area contributed by atoms with E-state index >= 15 is 0 Å². The van der Waals surface area contributed by atoms with Crippen LogP contribution in [0.2, 0.25) is 5.02 Å². The summed E-state index contributed by atoms with van der Waals surface area (Å²) < 4.78 is 0. The second-order valence-corrected chi connectivity index (χ2v) is 4.86. The third kappa shape index (κ3) is 3.73. The van der Waals surface area contributed by atoms with Crippen molar-refractivity contribution < 1.29 is 4.79 Å². The first-order chi connectivity index (χ1) is 9.04. The molecule has 1 amide bonds. The van der Waals surface area contributed by atoms with Crippen LogP contribution in [0.1, 0.15) is 11.1 Å². The first-order valence-corrected chi connectivity index (χ1v) is 6.33. The highest BCUT2D eigenvalue weighted by Gasteiger charge is 2.07. The summed E-state index contributed by atoms with van der Waals surface area (Å²) in [5, 5.41) is 3.34. The highest BCUT2D eigenvalue weighted by atomic mass is 35.5. The van der Waals surface area contributed by atoms with Gasteiger partial charge in [-0.25, -0.2) is 0 Å². The van der Waals surface area contributed by atoms with Crippen LogP contribution in [-0.4, -0.2) is 5.91 Å². The number of benzene rings is 2. The van der Waals surface area contributed by atoms with Crippen LogP contribution in [0, 0.1) is 6.92 Å². The maximum Gasteiger partial charge on any atom is 0.228 e. The summed E-state index contributed by atoms with van der Waals surface area (Å²) in [4.78, 5) is 11.9. The standard InChI is InChI=1S/C15H15ClN2O/c1-10-5-6-13(16)14(7-10)18-15(19)9-11-3-2-4-12(17)8-11/h2-8H,9,17H2,1H3,(H,18,19). The van der Waals surface area contributed by atoms with E-state index < -0.39 is 0 Å². The third-order valence-corrected chi connectivity index (χ3v) is 3.04. The van der Waals surface area contributed by atoms with Crippen LogP contribution in [0.15, 0.2) is 42.5 Å². The summed E-state index contributed by atoms with van der Waals surface area (Å²) in [6.45, 7) is 1.95. The van der Waals surface area contributed by atoms with Crippen molar-refractivity contribution >= 4 is 28.9 Å². The number of carbonyl (C=O) groups is 1. The van der Waals surface area contributed by atoms with Crippen LogP contribution >= 0.6 is 11.6 Å². The average molecular weight is 275 g/mol. The number of rotatable bonds is 3. The summed E-state index contributed by atoms with van der Waals surface area (Å²) in [6, 6.07) is 12.8. The summed E-state index contributed by atoms with van der Waals surface area (Å²) in [5.74, 6) is -0.113. The van der Waals surface area contributed by atoms with Crippen molar-refractivity contribution in [2.24, 2.45) is 0 Å². The molecule has 0 spiro atoms. The second-order valence-electron chi connectivity index (χ2n) is 4.45. The Bertz CT molecular complexity index is 611. The molecule has 0 aromatic heterocycles. The van der Waals surface area contributed by atoms with E-state index in [1.807, 2.05) is 31.2 Å². The predicted octanol–water partition coefficient (Wildman–Crippen LogP) is 3.41. The van der Waals surface area contributed by atoms with Crippen LogP contribution in [0.4, 0.5) is 11.4 Å². The Balaban J connectivity index is 2.07. The topological polar surface area (TPSA) is 55.1 Å². The van der Waals surface area contributed by atoms with E-state index in [0.29, 0.717) is 16.4 Å². The lowest BCUT2D eigenvalue weighted by Crippen LogP contribution is -2.14. The molecular weight excluding hydrogens is 260 g/mol. The Morgan fingerprint density at radius 3 is 2.79 bits per heavy atom. The molecule has 0 saturated heterocycles. The van der Waals surface area contributed by atoms with Crippen molar-refractivity contribution in [2.75, 3.05) is 11.1 Å². The molecule has 19 heavy (non-hydrogen) atoms. The molecule has 2 aromatic carbocycles. The minimum atomic E-state index is -0.113. The fraction of sp³-hybridized carbons (Fsp3) is 0.133. The van der Waals surface area contributed by atoms with Gasteiger partial charge in [-0.2, -0.15) is 0 Å². The minimum Gasteiger partial charge on any atom is -0.399 e. The smallest absolute Gasteiger partial charge is 0.228 e. The Kier molecular flexibility index (Phi) is 4.07. The molecule has 0 bridgehead atoms. The molecule has 4 heteroatoms. The summed E-state index contributed by atoms with van der Waals surface area (Å²) >= 11 is 6.03. The Morgan fingerprint density at radius 1 is 1.26 bits per heavy atom. The number of anilines is 2. The molecule has 0 aliphatic rings. The van der Waals surface area contributed by atoms with Gasteiger partial charge in [0.2, 0.25) is 5.91 Å². The zero-order valence-corrected chi connectivity index (χ0v) is 11.4. The van der Waals surface area contributed by atoms with Gasteiger partial charge in [0.25, 0.3) is 0 Å². The highest BCUT2D eigenvalue weighted by Crippen LogP contribution is 2.22. The van der Waals surface area contributed by atoms with E-state index in [2.05, 4.69) is 5.32 Å². The van der Waals surface area contributed by atoms with Gasteiger partial charge >= 0.3 is 0 Å². The van der Waals surface area contributed by atoms with Gasteiger partial charge in [-0.3, -0.25) is 4.79 Å². The number of nitrogens with two attached hydrogens (primary N) is 1. The van der Waals surface area contributed by atoms with Crippen LogP contribution in [-0.2, 0) is 11.2 Å². The van der Waals surface area contributed by atoms with Crippen molar-refractivity contribution in [1.82, 2.24) is 0 Å². The Labute approximate surface area is 117 Å². The monoisotopic (exact) mass is 274 g/mol. The number of amides is 1. The van der Waals surface area contributed by atoms with Gasteiger partial charge < -0.3 is 11.1 Å². The van der Waals surface area contributed by atoms with E-state index in [4.69, 9.17) is 17.3 Å². The molecule has 0 saturated carbocycles. The molecular formula is C15H15ClN2O. The molecule has 0 aliphatic carbocycles. The van der Waals surface area contributed by atoms with Crippen LogP contribution in [0.25, 0.3) is 0 Å². The van der Waals surface area contributed by atoms with E-state index in [1.54, 1.807) is 18.2 Å². The molecule has 3 N–H and O–H groups in total. The highest BCUT2D eigenvalue weighted by molar-refractivity contribution is 6.33. The van der Waals surface area contributed by atoms with E-state index in [9.17, 15) is 4.79 Å². The average Bonchev–Trinajstić information content (AvgIpc) is 2.34. The van der Waals surface area contributed by atoms with Gasteiger partial charge in [-0.15, -0.1) is 0 Å². The molecule has 2 aromatic rings. The Hall–Kier alpha value is -2.00. The number of nitrogen functional groups attached to an aromatic ring is 1. The lowest BCUT2D eigenvalue weighted by molar-refractivity contribution is -0.115. The number of hydrogen-bond donors (Lipinski definition) is 2. The molecule has 0 atom stereocenters. The third-order valence-electron chi connectivity index (χ3n) is 2.71. The maximum absolute atomic E-state index is 11.9. The molecule has 0 unspecified atom stereocenters. The number of nitrogens with one attached hydrogen (secondary N) is 1. The van der Waals surface area contributed by atoms with Crippen LogP contribution in [0.3, 0.4) is 0 Å². The molecule has 0 aliphatic heterocycles. The molecule has 3 nitrogen and oxygen atoms in total. The van der Waals surface area contributed by atoms with Crippen molar-refractivity contribution in [3.8, 4) is 0 Å². The van der Waals surface area contributed by atoms with Crippen molar-refractivity contribution in [1.29, 1.82) is 0 Å². The summed E-state index contributed by atoms with van der Waals surface area (Å²) in [5.41, 5.74) is 8.89. The lowest BCUT2D eigenvalue weighted by Gasteiger charge is -2.08. The van der Waals surface area contributed by atoms with Gasteiger partial charge in [-0.1, -0.05) is 29.8 Å². The lowest BCUT2D eigenvalue weighted by atomic mass is 10.1. The summed E-state index contributed by atoms with van der Waals surface area (Å²) in [7, 11) is 0. The maximum atomic E-state index is 11.9. The van der Waals surface area contributed by atoms with Gasteiger partial charge in [-0.05, 0) is 42.3 Å². The van der Waals surface area contributed by atoms with Gasteiger partial charge in [0.1, 0.15) is 0 Å². The van der Waals surface area contributed by atoms with E-state index in [1.165, 1.54) is 0 Å². The molecule has 98 valence electrons. The fourth-order valence-corrected chi connectivity index (χ4v) is 1.98. The molecule has 0 fully saturated rings. The fourth-order valence-electron chi connectivity index (χ4n) is 1.82. The molecule has 0 radical (unpaired) electrons. The quantitative estimate of drug-likeness (QED) is 0.843. The zero-order valence-electron chi connectivity index (χ0n) is 10.6. The van der Waals surface area contributed by atoms with E-state index in [0.717, 1.165) is 11.1 Å². The minimum absolute atomic E-state index is 0.113. The molecule has 0 heterocycles. The van der Waals surface area contributed by atoms with Crippen LogP contribution < -0.4 is 11.1 Å². The van der Waals surface area contributed by atoms with Gasteiger partial charge in [0.05, 0.1) is 17.1 Å².